The minimum Gasteiger partial charge on any atom is -1.00 e. The molecular weight excluding hydrogens is 744 g/mol. The second-order valence-corrected chi connectivity index (χ2v) is 0. The number of hydrogen-bond acceptors (Lipinski definition) is 0. The standard InChI is InChI=1S/6BrH.2K.Re/h6*1H;;;/q;;;;;;2*+1;/p-6. The quantitative estimate of drug-likeness (QED) is 0.217. The third-order valence-corrected chi connectivity index (χ3v) is 0. The van der Waals surface area contributed by atoms with Gasteiger partial charge in [0.1, 0.15) is 0 Å². The molecule has 55 valence electrons. The van der Waals surface area contributed by atoms with Gasteiger partial charge in [-0.25, -0.2) is 0 Å². The van der Waals surface area contributed by atoms with Gasteiger partial charge in [-0.05, 0) is 0 Å². The van der Waals surface area contributed by atoms with Crippen LogP contribution < -0.4 is 205 Å². The Morgan fingerprint density at radius 3 is 0.333 bits per heavy atom. The Bertz CT molecular complexity index is 11.0. The molecule has 0 saturated heterocycles. The fourth-order valence-electron chi connectivity index (χ4n) is 0. The van der Waals surface area contributed by atoms with Crippen molar-refractivity contribution < 1.29 is 225 Å². The molecule has 0 fully saturated rings. The van der Waals surface area contributed by atoms with E-state index in [1.807, 2.05) is 0 Å². The summed E-state index contributed by atoms with van der Waals surface area (Å²) < 4.78 is 0. The van der Waals surface area contributed by atoms with E-state index in [1.54, 1.807) is 0 Å². The van der Waals surface area contributed by atoms with Crippen molar-refractivity contribution >= 4 is 0 Å². The summed E-state index contributed by atoms with van der Waals surface area (Å²) in [7, 11) is 0. The van der Waals surface area contributed by atoms with Gasteiger partial charge in [-0.15, -0.1) is 0 Å². The second kappa shape index (κ2) is 60.9. The average molecular weight is 744 g/mol. The van der Waals surface area contributed by atoms with Crippen molar-refractivity contribution in [2.75, 3.05) is 0 Å². The van der Waals surface area contributed by atoms with Crippen LogP contribution in [0.1, 0.15) is 0 Å². The van der Waals surface area contributed by atoms with Crippen molar-refractivity contribution in [2.45, 2.75) is 0 Å². The summed E-state index contributed by atoms with van der Waals surface area (Å²) in [6.45, 7) is 0. The van der Waals surface area contributed by atoms with E-state index in [0.717, 1.165) is 0 Å². The van der Waals surface area contributed by atoms with Gasteiger partial charge in [-0.1, -0.05) is 0 Å². The van der Waals surface area contributed by atoms with E-state index in [-0.39, 0.29) is 225 Å². The maximum absolute atomic E-state index is 0. The zero-order valence-electron chi connectivity index (χ0n) is 4.65. The molecule has 0 aromatic rings. The van der Waals surface area contributed by atoms with Crippen LogP contribution in [0, 0.1) is 0 Å². The first-order chi connectivity index (χ1) is 0. The Morgan fingerprint density at radius 1 is 0.333 bits per heavy atom. The molecule has 0 saturated carbocycles. The number of hydrogen-bond donors (Lipinski definition) is 0. The maximum Gasteiger partial charge on any atom is 1.00 e. The molecule has 9 heavy (non-hydrogen) atoms. The maximum atomic E-state index is 0. The van der Waals surface area contributed by atoms with Crippen molar-refractivity contribution in [3.8, 4) is 0 Å². The Hall–Kier alpha value is 6.82. The SMILES string of the molecule is [Br-].[Br-].[Br-].[Br-].[Br-].[Br-].[K+].[K+].[Re]. The third-order valence-electron chi connectivity index (χ3n) is 0. The summed E-state index contributed by atoms with van der Waals surface area (Å²) in [4.78, 5) is 0. The van der Waals surface area contributed by atoms with Gasteiger partial charge >= 0.3 is 103 Å². The van der Waals surface area contributed by atoms with Crippen LogP contribution >= 0.6 is 0 Å². The molecule has 0 unspecified atom stereocenters. The van der Waals surface area contributed by atoms with Crippen LogP contribution in [-0.4, -0.2) is 0 Å². The minimum atomic E-state index is 0. The molecule has 0 aromatic carbocycles. The summed E-state index contributed by atoms with van der Waals surface area (Å²) in [5.74, 6) is 0. The number of rotatable bonds is 0. The van der Waals surface area contributed by atoms with Gasteiger partial charge in [0.25, 0.3) is 0 Å². The van der Waals surface area contributed by atoms with Crippen molar-refractivity contribution in [3.63, 3.8) is 0 Å². The van der Waals surface area contributed by atoms with E-state index in [0.29, 0.717) is 0 Å². The molecule has 0 amide bonds. The van der Waals surface area contributed by atoms with Gasteiger partial charge < -0.3 is 102 Å². The molecule has 0 rings (SSSR count). The molecule has 0 aliphatic carbocycles. The summed E-state index contributed by atoms with van der Waals surface area (Å²) in [5.41, 5.74) is 0. The molecule has 0 heterocycles. The van der Waals surface area contributed by atoms with Crippen molar-refractivity contribution in [3.05, 3.63) is 0 Å². The van der Waals surface area contributed by atoms with E-state index >= 15 is 0 Å². The minimum absolute atomic E-state index is 0. The first-order valence-electron chi connectivity index (χ1n) is 0. The normalized spacial score (nSPS) is 0. The first-order valence-corrected chi connectivity index (χ1v) is 0. The first kappa shape index (κ1) is 74.7. The van der Waals surface area contributed by atoms with Crippen LogP contribution in [0.15, 0.2) is 0 Å². The molecule has 0 N–H and O–H groups in total. The van der Waals surface area contributed by atoms with Gasteiger partial charge in [0.2, 0.25) is 0 Å². The molecule has 0 aromatic heterocycles. The van der Waals surface area contributed by atoms with Crippen LogP contribution in [0.4, 0.5) is 0 Å². The summed E-state index contributed by atoms with van der Waals surface area (Å²) in [6.07, 6.45) is 0. The van der Waals surface area contributed by atoms with Crippen LogP contribution in [-0.2, 0) is 20.4 Å². The van der Waals surface area contributed by atoms with Crippen LogP contribution in [0.3, 0.4) is 0 Å². The van der Waals surface area contributed by atoms with E-state index in [9.17, 15) is 0 Å². The van der Waals surface area contributed by atoms with Crippen LogP contribution in [0.2, 0.25) is 0 Å². The van der Waals surface area contributed by atoms with E-state index < -0.39 is 0 Å². The van der Waals surface area contributed by atoms with E-state index in [2.05, 4.69) is 0 Å². The summed E-state index contributed by atoms with van der Waals surface area (Å²) in [6, 6.07) is 0. The van der Waals surface area contributed by atoms with Gasteiger partial charge in [0.15, 0.2) is 0 Å². The van der Waals surface area contributed by atoms with Crippen molar-refractivity contribution in [1.82, 2.24) is 0 Å². The average Bonchev–Trinajstić information content (AvgIpc) is 0. The Morgan fingerprint density at radius 2 is 0.333 bits per heavy atom. The molecule has 9 heteroatoms. The van der Waals surface area contributed by atoms with Gasteiger partial charge in [-0.3, -0.25) is 0 Å². The molecule has 0 nitrogen and oxygen atoms in total. The van der Waals surface area contributed by atoms with Gasteiger partial charge in [0.05, 0.1) is 0 Å². The molecule has 0 atom stereocenters. The predicted molar refractivity (Wildman–Crippen MR) is 0 cm³/mol. The summed E-state index contributed by atoms with van der Waals surface area (Å²) >= 11 is 0. The Kier molecular flexibility index (Phi) is 506. The second-order valence-electron chi connectivity index (χ2n) is 0. The van der Waals surface area contributed by atoms with Crippen molar-refractivity contribution in [2.24, 2.45) is 0 Å². The van der Waals surface area contributed by atoms with Gasteiger partial charge in [0, 0.05) is 20.4 Å². The summed E-state index contributed by atoms with van der Waals surface area (Å²) in [5, 5.41) is 0. The zero-order valence-corrected chi connectivity index (χ0v) is 23.1. The van der Waals surface area contributed by atoms with Gasteiger partial charge in [-0.2, -0.15) is 0 Å². The third kappa shape index (κ3) is 52.4. The fourth-order valence-corrected chi connectivity index (χ4v) is 0. The molecule has 0 aliphatic rings. The topological polar surface area (TPSA) is 0 Å². The largest absolute Gasteiger partial charge is 1.00 e. The van der Waals surface area contributed by atoms with E-state index in [4.69, 9.17) is 0 Å². The molecule has 1 radical (unpaired) electrons. The van der Waals surface area contributed by atoms with Crippen molar-refractivity contribution in [1.29, 1.82) is 0 Å². The zero-order chi connectivity index (χ0) is 0. The Balaban J connectivity index is 0. The monoisotopic (exact) mass is 738 g/mol. The predicted octanol–water partition coefficient (Wildman–Crippen LogP) is -24.0. The fraction of sp³-hybridized carbons (Fsp3) is 0. The number of halogens is 6. The molecule has 0 bridgehead atoms. The Labute approximate surface area is 218 Å². The van der Waals surface area contributed by atoms with Crippen LogP contribution in [0.5, 0.6) is 0 Å². The molecule has 0 spiro atoms. The van der Waals surface area contributed by atoms with Crippen LogP contribution in [0.25, 0.3) is 0 Å². The van der Waals surface area contributed by atoms with E-state index in [1.165, 1.54) is 0 Å². The molecule has 0 aliphatic heterocycles. The molecular formula is Br6K2Re-4. The smallest absolute Gasteiger partial charge is 1.00 e.